The van der Waals surface area contributed by atoms with Gasteiger partial charge in [0.2, 0.25) is 0 Å². The number of ketones is 1. The third kappa shape index (κ3) is 2.67. The molecule has 2 aliphatic rings. The van der Waals surface area contributed by atoms with E-state index in [1.807, 2.05) is 0 Å². The van der Waals surface area contributed by atoms with Crippen LogP contribution >= 0.6 is 0 Å². The largest absolute Gasteiger partial charge is 0.381 e. The Balaban J connectivity index is 1.77. The van der Waals surface area contributed by atoms with Crippen molar-refractivity contribution in [1.82, 2.24) is 15.6 Å². The maximum Gasteiger partial charge on any atom is 0.184 e. The van der Waals surface area contributed by atoms with Crippen LogP contribution in [0.1, 0.15) is 62.2 Å². The maximum absolute atomic E-state index is 13.0. The van der Waals surface area contributed by atoms with Gasteiger partial charge in [-0.2, -0.15) is 0 Å². The lowest BCUT2D eigenvalue weighted by Crippen LogP contribution is -2.39. The molecule has 4 nitrogen and oxygen atoms in total. The monoisotopic (exact) mass is 351 g/mol. The van der Waals surface area contributed by atoms with Crippen LogP contribution in [0.5, 0.6) is 0 Å². The predicted octanol–water partition coefficient (Wildman–Crippen LogP) is 3.98. The number of carbonyl (C=O) groups is 1. The van der Waals surface area contributed by atoms with Crippen molar-refractivity contribution in [3.63, 3.8) is 0 Å². The number of hydrogen-bond acceptors (Lipinski definition) is 3. The van der Waals surface area contributed by atoms with Crippen LogP contribution in [0.4, 0.5) is 0 Å². The Morgan fingerprint density at radius 2 is 2.00 bits per heavy atom. The van der Waals surface area contributed by atoms with Crippen molar-refractivity contribution in [3.05, 3.63) is 41.6 Å². The first kappa shape index (κ1) is 17.3. The zero-order chi connectivity index (χ0) is 18.7. The van der Waals surface area contributed by atoms with E-state index in [2.05, 4.69) is 68.1 Å². The lowest BCUT2D eigenvalue weighted by atomic mass is 9.63. The highest BCUT2D eigenvalue weighted by atomic mass is 16.1. The van der Waals surface area contributed by atoms with Gasteiger partial charge in [-0.1, -0.05) is 40.3 Å². The molecule has 2 aromatic rings. The zero-order valence-electron chi connectivity index (χ0n) is 16.3. The summed E-state index contributed by atoms with van der Waals surface area (Å²) in [5.41, 5.74) is 4.66. The minimum absolute atomic E-state index is 0.0479. The first-order valence-electron chi connectivity index (χ1n) is 9.57. The van der Waals surface area contributed by atoms with Gasteiger partial charge >= 0.3 is 0 Å². The Kier molecular flexibility index (Phi) is 3.81. The summed E-state index contributed by atoms with van der Waals surface area (Å²) in [5.74, 6) is 0.221. The van der Waals surface area contributed by atoms with Crippen molar-refractivity contribution in [2.45, 2.75) is 52.0 Å². The number of carbonyl (C=O) groups excluding carboxylic acids is 1. The van der Waals surface area contributed by atoms with Gasteiger partial charge < -0.3 is 15.6 Å². The lowest BCUT2D eigenvalue weighted by Gasteiger charge is -2.39. The quantitative estimate of drug-likeness (QED) is 0.784. The fourth-order valence-electron chi connectivity index (χ4n) is 4.97. The van der Waals surface area contributed by atoms with Crippen molar-refractivity contribution in [2.24, 2.45) is 5.41 Å². The van der Waals surface area contributed by atoms with E-state index in [0.29, 0.717) is 6.04 Å². The Morgan fingerprint density at radius 3 is 2.69 bits per heavy atom. The van der Waals surface area contributed by atoms with Crippen LogP contribution in [0.3, 0.4) is 0 Å². The van der Waals surface area contributed by atoms with Gasteiger partial charge in [0.15, 0.2) is 5.78 Å². The van der Waals surface area contributed by atoms with Crippen molar-refractivity contribution < 1.29 is 4.79 Å². The Morgan fingerprint density at radius 1 is 1.23 bits per heavy atom. The molecule has 26 heavy (non-hydrogen) atoms. The van der Waals surface area contributed by atoms with Crippen molar-refractivity contribution in [1.29, 1.82) is 0 Å². The SMILES string of the molecule is C=C(NC1CCNC1)c1ccc2[nH]c3c(c2c1)C(C)(C)CC(C)(C)C3=O. The summed E-state index contributed by atoms with van der Waals surface area (Å²) >= 11 is 0. The number of aromatic amines is 1. The highest BCUT2D eigenvalue weighted by molar-refractivity contribution is 6.07. The summed E-state index contributed by atoms with van der Waals surface area (Å²) in [6, 6.07) is 6.80. The molecule has 1 aliphatic carbocycles. The van der Waals surface area contributed by atoms with Crippen LogP contribution < -0.4 is 10.6 Å². The van der Waals surface area contributed by atoms with Crippen molar-refractivity contribution in [3.8, 4) is 0 Å². The molecule has 1 aliphatic heterocycles. The molecule has 2 heterocycles. The minimum Gasteiger partial charge on any atom is -0.381 e. The number of fused-ring (bicyclic) bond motifs is 3. The Bertz CT molecular complexity index is 897. The molecule has 1 aromatic carbocycles. The Hall–Kier alpha value is -2.07. The summed E-state index contributed by atoms with van der Waals surface area (Å²) in [6.45, 7) is 14.9. The molecule has 1 aromatic heterocycles. The highest BCUT2D eigenvalue weighted by Gasteiger charge is 2.45. The van der Waals surface area contributed by atoms with E-state index in [4.69, 9.17) is 0 Å². The summed E-state index contributed by atoms with van der Waals surface area (Å²) in [6.07, 6.45) is 1.98. The molecule has 1 saturated heterocycles. The van der Waals surface area contributed by atoms with Crippen LogP contribution in [0.15, 0.2) is 24.8 Å². The topological polar surface area (TPSA) is 56.9 Å². The summed E-state index contributed by atoms with van der Waals surface area (Å²) < 4.78 is 0. The molecule has 1 fully saturated rings. The van der Waals surface area contributed by atoms with Gasteiger partial charge in [0, 0.05) is 34.6 Å². The predicted molar refractivity (Wildman–Crippen MR) is 107 cm³/mol. The van der Waals surface area contributed by atoms with Gasteiger partial charge in [-0.3, -0.25) is 4.79 Å². The van der Waals surface area contributed by atoms with Crippen molar-refractivity contribution >= 4 is 22.4 Å². The molecule has 3 N–H and O–H groups in total. The molecule has 0 bridgehead atoms. The van der Waals surface area contributed by atoms with Crippen LogP contribution in [-0.2, 0) is 5.41 Å². The van der Waals surface area contributed by atoms with Gasteiger partial charge in [0.05, 0.1) is 5.69 Å². The number of rotatable bonds is 3. The van der Waals surface area contributed by atoms with Gasteiger partial charge in [-0.15, -0.1) is 0 Å². The first-order valence-corrected chi connectivity index (χ1v) is 9.57. The molecular formula is C22H29N3O. The molecule has 1 unspecified atom stereocenters. The van der Waals surface area contributed by atoms with E-state index in [-0.39, 0.29) is 16.6 Å². The number of benzene rings is 1. The number of hydrogen-bond donors (Lipinski definition) is 3. The fraction of sp³-hybridized carbons (Fsp3) is 0.500. The summed E-state index contributed by atoms with van der Waals surface area (Å²) in [7, 11) is 0. The molecule has 0 radical (unpaired) electrons. The van der Waals surface area contributed by atoms with E-state index in [1.54, 1.807) is 0 Å². The van der Waals surface area contributed by atoms with Gasteiger partial charge in [0.25, 0.3) is 0 Å². The molecule has 4 rings (SSSR count). The second kappa shape index (κ2) is 5.71. The van der Waals surface area contributed by atoms with E-state index >= 15 is 0 Å². The molecule has 4 heteroatoms. The average Bonchev–Trinajstić information content (AvgIpc) is 3.18. The van der Waals surface area contributed by atoms with Gasteiger partial charge in [-0.25, -0.2) is 0 Å². The number of nitrogens with one attached hydrogen (secondary N) is 3. The van der Waals surface area contributed by atoms with Gasteiger partial charge in [0.1, 0.15) is 0 Å². The van der Waals surface area contributed by atoms with Crippen molar-refractivity contribution in [2.75, 3.05) is 13.1 Å². The molecule has 0 spiro atoms. The number of Topliss-reactive ketones (excluding diaryl/α,β-unsaturated/α-hetero) is 1. The maximum atomic E-state index is 13.0. The van der Waals surface area contributed by atoms with E-state index in [0.717, 1.165) is 59.4 Å². The van der Waals surface area contributed by atoms with Crippen LogP contribution in [0.25, 0.3) is 16.6 Å². The molecule has 0 saturated carbocycles. The first-order chi connectivity index (χ1) is 12.2. The zero-order valence-corrected chi connectivity index (χ0v) is 16.3. The van der Waals surface area contributed by atoms with E-state index in [9.17, 15) is 4.79 Å². The van der Waals surface area contributed by atoms with Crippen LogP contribution in [-0.4, -0.2) is 29.9 Å². The van der Waals surface area contributed by atoms with Crippen LogP contribution in [0, 0.1) is 5.41 Å². The lowest BCUT2D eigenvalue weighted by molar-refractivity contribution is 0.0760. The minimum atomic E-state index is -0.333. The molecular weight excluding hydrogens is 322 g/mol. The normalized spacial score (nSPS) is 23.8. The number of H-pyrrole nitrogens is 1. The van der Waals surface area contributed by atoms with Crippen LogP contribution in [0.2, 0.25) is 0 Å². The van der Waals surface area contributed by atoms with E-state index < -0.39 is 0 Å². The second-order valence-electron chi connectivity index (χ2n) is 9.22. The summed E-state index contributed by atoms with van der Waals surface area (Å²) in [5, 5.41) is 8.07. The molecule has 138 valence electrons. The number of aromatic nitrogens is 1. The summed E-state index contributed by atoms with van der Waals surface area (Å²) in [4.78, 5) is 16.4. The Labute approximate surface area is 155 Å². The smallest absolute Gasteiger partial charge is 0.184 e. The standard InChI is InChI=1S/C22H29N3O/c1-13(24-15-8-9-23-11-15)14-6-7-17-16(10-14)18-19(25-17)20(26)22(4,5)12-21(18,2)3/h6-7,10,15,23-25H,1,8-9,11-12H2,2-5H3. The molecule has 1 atom stereocenters. The third-order valence-corrected chi connectivity index (χ3v) is 5.99. The second-order valence-corrected chi connectivity index (χ2v) is 9.22. The highest BCUT2D eigenvalue weighted by Crippen LogP contribution is 2.48. The van der Waals surface area contributed by atoms with E-state index in [1.165, 1.54) is 0 Å². The van der Waals surface area contributed by atoms with Gasteiger partial charge in [-0.05, 0) is 48.1 Å². The average molecular weight is 351 g/mol. The fourth-order valence-corrected chi connectivity index (χ4v) is 4.97. The molecule has 0 amide bonds. The third-order valence-electron chi connectivity index (χ3n) is 5.99.